The Morgan fingerprint density at radius 1 is 1.44 bits per heavy atom. The van der Waals surface area contributed by atoms with Crippen molar-refractivity contribution < 1.29 is 9.47 Å². The predicted molar refractivity (Wildman–Crippen MR) is 60.3 cm³/mol. The van der Waals surface area contributed by atoms with Gasteiger partial charge in [-0.2, -0.15) is 0 Å². The van der Waals surface area contributed by atoms with Crippen LogP contribution in [0.1, 0.15) is 12.8 Å². The van der Waals surface area contributed by atoms with Gasteiger partial charge in [-0.25, -0.2) is 4.98 Å². The van der Waals surface area contributed by atoms with E-state index in [4.69, 9.17) is 9.47 Å². The maximum atomic E-state index is 5.61. The van der Waals surface area contributed by atoms with Gasteiger partial charge < -0.3 is 14.8 Å². The summed E-state index contributed by atoms with van der Waals surface area (Å²) in [5.74, 6) is 0.783. The Hall–Kier alpha value is -1.20. The molecule has 0 spiro atoms. The van der Waals surface area contributed by atoms with Crippen LogP contribution in [0.5, 0.6) is 0 Å². The summed E-state index contributed by atoms with van der Waals surface area (Å²) >= 11 is 0. The second-order valence-electron chi connectivity index (χ2n) is 3.94. The summed E-state index contributed by atoms with van der Waals surface area (Å²) in [6.45, 7) is 2.26. The lowest BCUT2D eigenvalue weighted by Gasteiger charge is -2.36. The Labute approximate surface area is 95.2 Å². The molecular weight excluding hydrogens is 206 g/mol. The quantitative estimate of drug-likeness (QED) is 0.828. The molecule has 1 aliphatic rings. The van der Waals surface area contributed by atoms with Gasteiger partial charge in [-0.3, -0.25) is 4.98 Å². The van der Waals surface area contributed by atoms with Gasteiger partial charge in [0.05, 0.1) is 11.8 Å². The monoisotopic (exact) mass is 223 g/mol. The molecular formula is C11H17N3O2. The third kappa shape index (κ3) is 2.68. The molecule has 0 radical (unpaired) electrons. The van der Waals surface area contributed by atoms with Crippen molar-refractivity contribution in [2.75, 3.05) is 32.2 Å². The van der Waals surface area contributed by atoms with Crippen molar-refractivity contribution >= 4 is 5.82 Å². The van der Waals surface area contributed by atoms with Crippen LogP contribution in [0.25, 0.3) is 0 Å². The van der Waals surface area contributed by atoms with Crippen molar-refractivity contribution in [3.8, 4) is 0 Å². The van der Waals surface area contributed by atoms with E-state index < -0.39 is 0 Å². The van der Waals surface area contributed by atoms with Crippen molar-refractivity contribution in [3.05, 3.63) is 18.6 Å². The zero-order valence-electron chi connectivity index (χ0n) is 9.48. The molecule has 0 bridgehead atoms. The Morgan fingerprint density at radius 3 is 2.88 bits per heavy atom. The Morgan fingerprint density at radius 2 is 2.25 bits per heavy atom. The second-order valence-corrected chi connectivity index (χ2v) is 3.94. The summed E-state index contributed by atoms with van der Waals surface area (Å²) in [6.07, 6.45) is 6.87. The van der Waals surface area contributed by atoms with Crippen molar-refractivity contribution in [2.45, 2.75) is 18.4 Å². The molecule has 1 aliphatic heterocycles. The summed E-state index contributed by atoms with van der Waals surface area (Å²) in [5.41, 5.74) is -0.129. The zero-order valence-corrected chi connectivity index (χ0v) is 9.48. The van der Waals surface area contributed by atoms with Crippen molar-refractivity contribution in [2.24, 2.45) is 0 Å². The number of hydrogen-bond acceptors (Lipinski definition) is 5. The number of ether oxygens (including phenoxy) is 2. The Balaban J connectivity index is 1.92. The number of rotatable bonds is 4. The highest BCUT2D eigenvalue weighted by molar-refractivity contribution is 5.30. The minimum atomic E-state index is -0.129. The summed E-state index contributed by atoms with van der Waals surface area (Å²) in [7, 11) is 1.75. The molecule has 5 heteroatoms. The highest BCUT2D eigenvalue weighted by atomic mass is 16.5. The highest BCUT2D eigenvalue weighted by Gasteiger charge is 2.32. The number of aromatic nitrogens is 2. The molecule has 1 fully saturated rings. The van der Waals surface area contributed by atoms with Crippen LogP contribution in [0.3, 0.4) is 0 Å². The Bertz CT molecular complexity index is 312. The minimum Gasteiger partial charge on any atom is -0.381 e. The van der Waals surface area contributed by atoms with Crippen LogP contribution in [-0.4, -0.2) is 42.4 Å². The number of nitrogens with zero attached hydrogens (tertiary/aromatic N) is 2. The van der Waals surface area contributed by atoms with Crippen molar-refractivity contribution in [1.82, 2.24) is 9.97 Å². The first-order chi connectivity index (χ1) is 7.85. The van der Waals surface area contributed by atoms with Gasteiger partial charge in [-0.15, -0.1) is 0 Å². The molecule has 2 rings (SSSR count). The molecule has 0 aromatic carbocycles. The molecule has 5 nitrogen and oxygen atoms in total. The number of methoxy groups -OCH3 is 1. The minimum absolute atomic E-state index is 0.129. The first-order valence-electron chi connectivity index (χ1n) is 5.47. The van der Waals surface area contributed by atoms with Gasteiger partial charge in [0, 0.05) is 52.1 Å². The molecule has 0 saturated carbocycles. The third-order valence-electron chi connectivity index (χ3n) is 2.99. The topological polar surface area (TPSA) is 56.3 Å². The standard InChI is InChI=1S/C11H17N3O2/c1-15-11(2-6-16-7-3-11)9-14-10-8-12-4-5-13-10/h4-5,8H,2-3,6-7,9H2,1H3,(H,13,14). The normalized spacial score (nSPS) is 19.3. The van der Waals surface area contributed by atoms with Gasteiger partial charge in [0.15, 0.2) is 0 Å². The van der Waals surface area contributed by atoms with E-state index in [-0.39, 0.29) is 5.60 Å². The van der Waals surface area contributed by atoms with Crippen LogP contribution in [-0.2, 0) is 9.47 Å². The lowest BCUT2D eigenvalue weighted by atomic mass is 9.94. The average Bonchev–Trinajstić information content (AvgIpc) is 2.39. The van der Waals surface area contributed by atoms with Crippen LogP contribution >= 0.6 is 0 Å². The van der Waals surface area contributed by atoms with Gasteiger partial charge >= 0.3 is 0 Å². The maximum absolute atomic E-state index is 5.61. The van der Waals surface area contributed by atoms with Gasteiger partial charge in [-0.1, -0.05) is 0 Å². The molecule has 88 valence electrons. The molecule has 1 aromatic rings. The molecule has 0 atom stereocenters. The maximum Gasteiger partial charge on any atom is 0.144 e. The second kappa shape index (κ2) is 5.23. The van der Waals surface area contributed by atoms with E-state index in [9.17, 15) is 0 Å². The van der Waals surface area contributed by atoms with E-state index in [0.717, 1.165) is 38.4 Å². The predicted octanol–water partition coefficient (Wildman–Crippen LogP) is 1.08. The summed E-state index contributed by atoms with van der Waals surface area (Å²) in [4.78, 5) is 8.17. The Kier molecular flexibility index (Phi) is 3.69. The fraction of sp³-hybridized carbons (Fsp3) is 0.636. The zero-order chi connectivity index (χ0) is 11.3. The molecule has 0 amide bonds. The summed E-state index contributed by atoms with van der Waals surface area (Å²) in [6, 6.07) is 0. The van der Waals surface area contributed by atoms with Gasteiger partial charge in [0.25, 0.3) is 0 Å². The van der Waals surface area contributed by atoms with E-state index in [2.05, 4.69) is 15.3 Å². The van der Waals surface area contributed by atoms with E-state index >= 15 is 0 Å². The van der Waals surface area contributed by atoms with Gasteiger partial charge in [0.2, 0.25) is 0 Å². The molecule has 16 heavy (non-hydrogen) atoms. The van der Waals surface area contributed by atoms with Gasteiger partial charge in [-0.05, 0) is 0 Å². The first-order valence-corrected chi connectivity index (χ1v) is 5.47. The smallest absolute Gasteiger partial charge is 0.144 e. The van der Waals surface area contributed by atoms with E-state index in [0.29, 0.717) is 0 Å². The lowest BCUT2D eigenvalue weighted by molar-refractivity contribution is -0.0807. The SMILES string of the molecule is COC1(CNc2cnccn2)CCOCC1. The van der Waals surface area contributed by atoms with E-state index in [1.165, 1.54) is 0 Å². The number of hydrogen-bond donors (Lipinski definition) is 1. The molecule has 0 aliphatic carbocycles. The molecule has 1 saturated heterocycles. The van der Waals surface area contributed by atoms with Crippen LogP contribution in [0.2, 0.25) is 0 Å². The molecule has 2 heterocycles. The first kappa shape index (κ1) is 11.3. The van der Waals surface area contributed by atoms with Crippen LogP contribution in [0.15, 0.2) is 18.6 Å². The van der Waals surface area contributed by atoms with Crippen LogP contribution in [0.4, 0.5) is 5.82 Å². The largest absolute Gasteiger partial charge is 0.381 e. The summed E-state index contributed by atoms with van der Waals surface area (Å²) < 4.78 is 11.0. The van der Waals surface area contributed by atoms with E-state index in [1.54, 1.807) is 25.7 Å². The van der Waals surface area contributed by atoms with Crippen molar-refractivity contribution in [3.63, 3.8) is 0 Å². The fourth-order valence-electron chi connectivity index (χ4n) is 1.84. The lowest BCUT2D eigenvalue weighted by Crippen LogP contribution is -2.44. The highest BCUT2D eigenvalue weighted by Crippen LogP contribution is 2.24. The average molecular weight is 223 g/mol. The van der Waals surface area contributed by atoms with Crippen LogP contribution < -0.4 is 5.32 Å². The third-order valence-corrected chi connectivity index (χ3v) is 2.99. The summed E-state index contributed by atoms with van der Waals surface area (Å²) in [5, 5.41) is 3.25. The van der Waals surface area contributed by atoms with Crippen LogP contribution in [0, 0.1) is 0 Å². The van der Waals surface area contributed by atoms with Gasteiger partial charge in [0.1, 0.15) is 5.82 Å². The number of anilines is 1. The fourth-order valence-corrected chi connectivity index (χ4v) is 1.84. The molecule has 1 aromatic heterocycles. The molecule has 0 unspecified atom stereocenters. The van der Waals surface area contributed by atoms with E-state index in [1.807, 2.05) is 0 Å². The van der Waals surface area contributed by atoms with Crippen molar-refractivity contribution in [1.29, 1.82) is 0 Å². The number of nitrogens with one attached hydrogen (secondary N) is 1. The molecule has 1 N–H and O–H groups in total.